The number of hydrogen-bond donors (Lipinski definition) is 3. The third-order valence-corrected chi connectivity index (χ3v) is 7.99. The molecule has 14 heteroatoms. The van der Waals surface area contributed by atoms with E-state index in [2.05, 4.69) is 22.0 Å². The van der Waals surface area contributed by atoms with Crippen LogP contribution in [0.1, 0.15) is 47.3 Å². The maximum atomic E-state index is 12.7. The number of halogens is 1. The van der Waals surface area contributed by atoms with Crippen LogP contribution in [0.4, 0.5) is 11.8 Å². The van der Waals surface area contributed by atoms with E-state index in [-0.39, 0.29) is 36.9 Å². The molecule has 0 spiro atoms. The van der Waals surface area contributed by atoms with Gasteiger partial charge in [-0.05, 0) is 64.4 Å². The van der Waals surface area contributed by atoms with E-state index in [9.17, 15) is 4.79 Å². The van der Waals surface area contributed by atoms with Crippen molar-refractivity contribution < 1.29 is 23.3 Å². The summed E-state index contributed by atoms with van der Waals surface area (Å²) in [4.78, 5) is 21.4. The Hall–Kier alpha value is -2.73. The lowest BCUT2D eigenvalue weighted by Crippen LogP contribution is -2.46. The first-order valence-corrected chi connectivity index (χ1v) is 14.5. The molecule has 0 amide bonds. The molecule has 0 radical (unpaired) electrons. The zero-order chi connectivity index (χ0) is 29.2. The Morgan fingerprint density at radius 3 is 2.65 bits per heavy atom. The molecule has 0 saturated carbocycles. The van der Waals surface area contributed by atoms with Crippen molar-refractivity contribution in [3.05, 3.63) is 41.6 Å². The van der Waals surface area contributed by atoms with E-state index >= 15 is 0 Å². The molecule has 0 bridgehead atoms. The van der Waals surface area contributed by atoms with Crippen LogP contribution in [0.25, 0.3) is 11.0 Å². The number of esters is 1. The zero-order valence-corrected chi connectivity index (χ0v) is 25.1. The largest absolute Gasteiger partial charge is 0.462 e. The minimum Gasteiger partial charge on any atom is -0.462 e. The Morgan fingerprint density at radius 2 is 2.00 bits per heavy atom. The van der Waals surface area contributed by atoms with Crippen molar-refractivity contribution >= 4 is 48.9 Å². The molecule has 1 aromatic carbocycles. The Morgan fingerprint density at radius 1 is 1.30 bits per heavy atom. The highest BCUT2D eigenvalue weighted by Crippen LogP contribution is 2.42. The molecule has 40 heavy (non-hydrogen) atoms. The number of rotatable bonds is 11. The van der Waals surface area contributed by atoms with Crippen molar-refractivity contribution in [3.8, 4) is 5.75 Å². The smallest absolute Gasteiger partial charge is 0.326 e. The molecule has 2 aromatic heterocycles. The van der Waals surface area contributed by atoms with Crippen LogP contribution in [0.5, 0.6) is 5.75 Å². The number of nitrogens with zero attached hydrogens (tertiary/aromatic N) is 4. The SMILES string of the molecule is CC(C)OC(=O)C(C)(C)NP(OCC1CC(C)C(n2ccc3c(N(C)N)nc(N)nc32)O1)Oc1ccc(Cl)cc1. The van der Waals surface area contributed by atoms with Crippen LogP contribution in [0.2, 0.25) is 5.02 Å². The lowest BCUT2D eigenvalue weighted by atomic mass is 10.1. The molecule has 12 nitrogen and oxygen atoms in total. The first-order chi connectivity index (χ1) is 18.8. The number of fused-ring (bicyclic) bond motifs is 1. The summed E-state index contributed by atoms with van der Waals surface area (Å²) < 4.78 is 26.1. The Kier molecular flexibility index (Phi) is 9.39. The number of nitrogen functional groups attached to an aromatic ring is 1. The molecule has 1 fully saturated rings. The van der Waals surface area contributed by atoms with Crippen molar-refractivity contribution in [2.24, 2.45) is 11.8 Å². The van der Waals surface area contributed by atoms with Gasteiger partial charge in [0.1, 0.15) is 23.2 Å². The summed E-state index contributed by atoms with van der Waals surface area (Å²) in [5, 5.41) is 5.96. The van der Waals surface area contributed by atoms with Gasteiger partial charge in [0, 0.05) is 24.2 Å². The molecule has 4 unspecified atom stereocenters. The van der Waals surface area contributed by atoms with Gasteiger partial charge in [0.05, 0.1) is 24.2 Å². The number of hydrogen-bond acceptors (Lipinski definition) is 11. The van der Waals surface area contributed by atoms with Gasteiger partial charge in [-0.15, -0.1) is 0 Å². The second kappa shape index (κ2) is 12.4. The summed E-state index contributed by atoms with van der Waals surface area (Å²) >= 11 is 6.03. The lowest BCUT2D eigenvalue weighted by molar-refractivity contribution is -0.153. The maximum absolute atomic E-state index is 12.7. The number of aromatic nitrogens is 3. The number of ether oxygens (including phenoxy) is 2. The Balaban J connectivity index is 1.48. The van der Waals surface area contributed by atoms with Crippen molar-refractivity contribution in [1.29, 1.82) is 0 Å². The van der Waals surface area contributed by atoms with Crippen molar-refractivity contribution in [2.75, 3.05) is 24.4 Å². The van der Waals surface area contributed by atoms with E-state index in [0.717, 1.165) is 11.8 Å². The van der Waals surface area contributed by atoms with E-state index < -0.39 is 20.0 Å². The molecule has 4 atom stereocenters. The summed E-state index contributed by atoms with van der Waals surface area (Å²) in [5.74, 6) is 6.89. The lowest BCUT2D eigenvalue weighted by Gasteiger charge is -2.29. The van der Waals surface area contributed by atoms with Crippen molar-refractivity contribution in [3.63, 3.8) is 0 Å². The van der Waals surface area contributed by atoms with Crippen LogP contribution in [0, 0.1) is 5.92 Å². The van der Waals surface area contributed by atoms with Gasteiger partial charge >= 0.3 is 14.5 Å². The first-order valence-electron chi connectivity index (χ1n) is 13.0. The van der Waals surface area contributed by atoms with Gasteiger partial charge in [-0.25, -0.2) is 10.9 Å². The van der Waals surface area contributed by atoms with Crippen LogP contribution in [-0.2, 0) is 18.8 Å². The standard InChI is InChI=1S/C26H37ClN7O5P/c1-15(2)37-24(35)26(4,5)32-40(39-18-9-7-17(27)8-10-18)36-14-19-13-16(3)23(38-19)34-12-11-20-21(33(6)29)30-25(28)31-22(20)34/h7-12,15-16,19,23,32H,13-14,29H2,1-6H3,(H2,28,30,31). The number of carbonyl (C=O) groups is 1. The molecule has 3 heterocycles. The fourth-order valence-electron chi connectivity index (χ4n) is 4.33. The van der Waals surface area contributed by atoms with Gasteiger partial charge in [-0.1, -0.05) is 18.5 Å². The topological polar surface area (TPSA) is 152 Å². The summed E-state index contributed by atoms with van der Waals surface area (Å²) in [6.45, 7) is 9.39. The molecule has 1 aliphatic heterocycles. The zero-order valence-electron chi connectivity index (χ0n) is 23.5. The van der Waals surface area contributed by atoms with E-state index in [1.165, 1.54) is 5.01 Å². The summed E-state index contributed by atoms with van der Waals surface area (Å²) in [6.07, 6.45) is 1.84. The number of anilines is 2. The van der Waals surface area contributed by atoms with Crippen LogP contribution in [0.15, 0.2) is 36.5 Å². The maximum Gasteiger partial charge on any atom is 0.326 e. The molecule has 5 N–H and O–H groups in total. The quantitative estimate of drug-likeness (QED) is 0.124. The van der Waals surface area contributed by atoms with Gasteiger partial charge in [-0.3, -0.25) is 9.80 Å². The molecule has 3 aromatic rings. The molecule has 1 aliphatic rings. The van der Waals surface area contributed by atoms with Crippen molar-refractivity contribution in [2.45, 2.75) is 65.0 Å². The van der Waals surface area contributed by atoms with E-state index in [0.29, 0.717) is 22.2 Å². The number of nitrogens with two attached hydrogens (primary N) is 2. The average molecular weight is 594 g/mol. The molecule has 1 saturated heterocycles. The second-order valence-corrected chi connectivity index (χ2v) is 12.2. The number of hydrazine groups is 1. The third kappa shape index (κ3) is 7.12. The number of carbonyl (C=O) groups excluding carboxylic acids is 1. The van der Waals surface area contributed by atoms with E-state index in [1.807, 2.05) is 16.8 Å². The predicted molar refractivity (Wildman–Crippen MR) is 156 cm³/mol. The van der Waals surface area contributed by atoms with Gasteiger partial charge in [0.2, 0.25) is 5.95 Å². The highest BCUT2D eigenvalue weighted by Gasteiger charge is 2.38. The Bertz CT molecular complexity index is 1320. The molecular weight excluding hydrogens is 557 g/mol. The minimum absolute atomic E-state index is 0.125. The fraction of sp³-hybridized carbons (Fsp3) is 0.500. The van der Waals surface area contributed by atoms with E-state index in [1.54, 1.807) is 59.0 Å². The summed E-state index contributed by atoms with van der Waals surface area (Å²) in [6, 6.07) is 8.82. The predicted octanol–water partition coefficient (Wildman–Crippen LogP) is 4.54. The van der Waals surface area contributed by atoms with Crippen LogP contribution in [-0.4, -0.2) is 51.9 Å². The highest BCUT2D eigenvalue weighted by atomic mass is 35.5. The minimum atomic E-state index is -1.76. The molecule has 0 aliphatic carbocycles. The van der Waals surface area contributed by atoms with Crippen LogP contribution < -0.4 is 26.2 Å². The highest BCUT2D eigenvalue weighted by molar-refractivity contribution is 7.45. The average Bonchev–Trinajstić information content (AvgIpc) is 3.45. The normalized spacial score (nSPS) is 20.2. The van der Waals surface area contributed by atoms with Gasteiger partial charge in [0.25, 0.3) is 0 Å². The molecule has 218 valence electrons. The monoisotopic (exact) mass is 593 g/mol. The fourth-order valence-corrected chi connectivity index (χ4v) is 5.78. The molecular formula is C26H37ClN7O5P. The van der Waals surface area contributed by atoms with Crippen LogP contribution >= 0.6 is 20.1 Å². The van der Waals surface area contributed by atoms with Gasteiger partial charge < -0.3 is 28.8 Å². The molecule has 4 rings (SSSR count). The summed E-state index contributed by atoms with van der Waals surface area (Å²) in [5.41, 5.74) is 5.54. The van der Waals surface area contributed by atoms with Crippen molar-refractivity contribution in [1.82, 2.24) is 19.6 Å². The van der Waals surface area contributed by atoms with Gasteiger partial charge in [0.15, 0.2) is 5.82 Å². The third-order valence-electron chi connectivity index (χ3n) is 6.23. The number of nitrogens with one attached hydrogen (secondary N) is 1. The Labute approximate surface area is 240 Å². The summed E-state index contributed by atoms with van der Waals surface area (Å²) in [7, 11) is -0.0660. The van der Waals surface area contributed by atoms with E-state index in [4.69, 9.17) is 41.7 Å². The van der Waals surface area contributed by atoms with Gasteiger partial charge in [-0.2, -0.15) is 9.97 Å². The first kappa shape index (κ1) is 30.2. The second-order valence-electron chi connectivity index (χ2n) is 10.6. The number of benzene rings is 1. The van der Waals surface area contributed by atoms with Crippen LogP contribution in [0.3, 0.4) is 0 Å².